The largest absolute Gasteiger partial charge is 0.496 e. The zero-order valence-corrected chi connectivity index (χ0v) is 18.0. The molecule has 6 nitrogen and oxygen atoms in total. The lowest BCUT2D eigenvalue weighted by Crippen LogP contribution is -2.46. The number of rotatable bonds is 6. The van der Waals surface area contributed by atoms with Crippen molar-refractivity contribution in [3.05, 3.63) is 50.4 Å². The van der Waals surface area contributed by atoms with Gasteiger partial charge in [-0.1, -0.05) is 17.7 Å². The third-order valence-corrected chi connectivity index (χ3v) is 6.27. The highest BCUT2D eigenvalue weighted by atomic mass is 35.5. The normalized spacial score (nSPS) is 15.8. The van der Waals surface area contributed by atoms with Gasteiger partial charge in [-0.15, -0.1) is 11.3 Å². The Labute approximate surface area is 178 Å². The number of aromatic nitrogens is 3. The molecule has 3 heterocycles. The maximum Gasteiger partial charge on any atom is 0.217 e. The van der Waals surface area contributed by atoms with Gasteiger partial charge in [-0.2, -0.15) is 4.98 Å². The molecule has 0 aliphatic carbocycles. The van der Waals surface area contributed by atoms with Crippen LogP contribution in [0.25, 0.3) is 11.4 Å². The number of nitrogens with one attached hydrogen (secondary N) is 1. The maximum absolute atomic E-state index is 6.15. The Hall–Kier alpha value is -1.71. The molecule has 1 fully saturated rings. The Morgan fingerprint density at radius 1 is 1.21 bits per heavy atom. The molecule has 4 rings (SSSR count). The van der Waals surface area contributed by atoms with E-state index >= 15 is 0 Å². The van der Waals surface area contributed by atoms with Crippen LogP contribution in [0.4, 0.5) is 0 Å². The summed E-state index contributed by atoms with van der Waals surface area (Å²) in [5.74, 6) is 1.38. The fourth-order valence-electron chi connectivity index (χ4n) is 3.35. The van der Waals surface area contributed by atoms with Crippen molar-refractivity contribution in [2.75, 3.05) is 33.3 Å². The van der Waals surface area contributed by atoms with Crippen LogP contribution in [0.1, 0.15) is 4.88 Å². The van der Waals surface area contributed by atoms with Crippen LogP contribution in [0.5, 0.6) is 5.75 Å². The summed E-state index contributed by atoms with van der Waals surface area (Å²) in [6.07, 6.45) is 0. The molecular weight excluding hydrogens is 414 g/mol. The second-order valence-electron chi connectivity index (χ2n) is 6.74. The van der Waals surface area contributed by atoms with Crippen LogP contribution < -0.4 is 4.74 Å². The minimum Gasteiger partial charge on any atom is -0.496 e. The minimum atomic E-state index is 0.526. The summed E-state index contributed by atoms with van der Waals surface area (Å²) in [4.78, 5) is 10.8. The zero-order chi connectivity index (χ0) is 19.5. The van der Waals surface area contributed by atoms with Crippen LogP contribution in [0.3, 0.4) is 0 Å². The summed E-state index contributed by atoms with van der Waals surface area (Å²) in [5, 5.41) is 6.07. The van der Waals surface area contributed by atoms with Gasteiger partial charge < -0.3 is 4.74 Å². The van der Waals surface area contributed by atoms with Gasteiger partial charge in [0.2, 0.25) is 4.77 Å². The molecule has 1 aliphatic heterocycles. The molecule has 0 spiro atoms. The van der Waals surface area contributed by atoms with Crippen LogP contribution in [-0.4, -0.2) is 57.9 Å². The second kappa shape index (κ2) is 8.75. The smallest absolute Gasteiger partial charge is 0.217 e. The van der Waals surface area contributed by atoms with E-state index < -0.39 is 0 Å². The van der Waals surface area contributed by atoms with Crippen molar-refractivity contribution in [3.63, 3.8) is 0 Å². The van der Waals surface area contributed by atoms with Gasteiger partial charge in [0, 0.05) is 42.6 Å². The Morgan fingerprint density at radius 2 is 2.00 bits per heavy atom. The molecule has 9 heteroatoms. The van der Waals surface area contributed by atoms with Gasteiger partial charge in [0.15, 0.2) is 5.82 Å². The lowest BCUT2D eigenvalue weighted by Gasteiger charge is -2.34. The second-order valence-corrected chi connectivity index (χ2v) is 8.58. The Balaban J connectivity index is 1.41. The monoisotopic (exact) mass is 435 g/mol. The van der Waals surface area contributed by atoms with Crippen molar-refractivity contribution in [1.82, 2.24) is 24.6 Å². The van der Waals surface area contributed by atoms with Crippen LogP contribution in [0, 0.1) is 4.77 Å². The van der Waals surface area contributed by atoms with Crippen molar-refractivity contribution in [2.45, 2.75) is 13.2 Å². The highest BCUT2D eigenvalue weighted by molar-refractivity contribution is 7.71. The van der Waals surface area contributed by atoms with Gasteiger partial charge in [0.1, 0.15) is 5.75 Å². The number of hydrogen-bond acceptors (Lipinski definition) is 6. The molecule has 0 unspecified atom stereocenters. The number of ether oxygens (including phenoxy) is 1. The molecular formula is C19H22ClN5OS2. The van der Waals surface area contributed by atoms with Gasteiger partial charge in [0.25, 0.3) is 0 Å². The molecule has 0 amide bonds. The number of hydrogen-bond donors (Lipinski definition) is 1. The van der Waals surface area contributed by atoms with Crippen molar-refractivity contribution >= 4 is 35.2 Å². The fraction of sp³-hybridized carbons (Fsp3) is 0.368. The Morgan fingerprint density at radius 3 is 2.71 bits per heavy atom. The van der Waals surface area contributed by atoms with Gasteiger partial charge in [-0.3, -0.25) is 14.9 Å². The van der Waals surface area contributed by atoms with Crippen LogP contribution >= 0.6 is 35.2 Å². The average molecular weight is 436 g/mol. The molecule has 1 aliphatic rings. The summed E-state index contributed by atoms with van der Waals surface area (Å²) < 4.78 is 7.86. The van der Waals surface area contributed by atoms with E-state index in [0.29, 0.717) is 28.0 Å². The molecule has 1 N–H and O–H groups in total. The van der Waals surface area contributed by atoms with E-state index in [0.717, 1.165) is 38.3 Å². The number of H-pyrrole nitrogens is 1. The predicted molar refractivity (Wildman–Crippen MR) is 116 cm³/mol. The van der Waals surface area contributed by atoms with Gasteiger partial charge in [-0.05, 0) is 41.9 Å². The molecule has 0 radical (unpaired) electrons. The number of methoxy groups -OCH3 is 1. The first-order chi connectivity index (χ1) is 13.6. The molecule has 1 aromatic carbocycles. The first-order valence-corrected chi connectivity index (χ1v) is 10.8. The SMILES string of the molecule is COc1ccc(Cl)cc1-c1nc(=S)n(CN2CCN(Cc3cccs3)CC2)[nH]1. The predicted octanol–water partition coefficient (Wildman–Crippen LogP) is 4.11. The highest BCUT2D eigenvalue weighted by Gasteiger charge is 2.19. The van der Waals surface area contributed by atoms with Crippen molar-refractivity contribution in [1.29, 1.82) is 0 Å². The summed E-state index contributed by atoms with van der Waals surface area (Å²) in [6, 6.07) is 9.78. The van der Waals surface area contributed by atoms with Crippen molar-refractivity contribution in [3.8, 4) is 17.1 Å². The number of thiophene rings is 1. The fourth-order valence-corrected chi connectivity index (χ4v) is 4.46. The number of benzene rings is 1. The zero-order valence-electron chi connectivity index (χ0n) is 15.6. The van der Waals surface area contributed by atoms with E-state index in [1.807, 2.05) is 28.2 Å². The summed E-state index contributed by atoms with van der Waals surface area (Å²) in [5.41, 5.74) is 0.806. The van der Waals surface area contributed by atoms with Crippen molar-refractivity contribution < 1.29 is 4.74 Å². The molecule has 28 heavy (non-hydrogen) atoms. The van der Waals surface area contributed by atoms with E-state index in [1.165, 1.54) is 4.88 Å². The maximum atomic E-state index is 6.15. The molecule has 148 valence electrons. The lowest BCUT2D eigenvalue weighted by atomic mass is 10.2. The molecule has 0 atom stereocenters. The molecule has 0 saturated carbocycles. The summed E-state index contributed by atoms with van der Waals surface area (Å²) >= 11 is 13.4. The van der Waals surface area contributed by atoms with Crippen molar-refractivity contribution in [2.24, 2.45) is 0 Å². The summed E-state index contributed by atoms with van der Waals surface area (Å²) in [7, 11) is 1.63. The Bertz CT molecular complexity index is 977. The molecule has 1 saturated heterocycles. The van der Waals surface area contributed by atoms with Gasteiger partial charge in [0.05, 0.1) is 19.3 Å². The first-order valence-electron chi connectivity index (χ1n) is 9.10. The molecule has 2 aromatic heterocycles. The molecule has 3 aromatic rings. The van der Waals surface area contributed by atoms with E-state index in [2.05, 4.69) is 37.4 Å². The third-order valence-electron chi connectivity index (χ3n) is 4.86. The first kappa shape index (κ1) is 19.6. The van der Waals surface area contributed by atoms with Crippen LogP contribution in [-0.2, 0) is 13.2 Å². The Kier molecular flexibility index (Phi) is 6.13. The minimum absolute atomic E-state index is 0.526. The van der Waals surface area contributed by atoms with E-state index in [-0.39, 0.29) is 0 Å². The van der Waals surface area contributed by atoms with E-state index in [4.69, 9.17) is 28.6 Å². The van der Waals surface area contributed by atoms with Gasteiger partial charge in [-0.25, -0.2) is 4.68 Å². The lowest BCUT2D eigenvalue weighted by molar-refractivity contribution is 0.0989. The molecule has 0 bridgehead atoms. The van der Waals surface area contributed by atoms with Crippen LogP contribution in [0.15, 0.2) is 35.7 Å². The van der Waals surface area contributed by atoms with Gasteiger partial charge >= 0.3 is 0 Å². The number of piperazine rings is 1. The third kappa shape index (κ3) is 4.47. The summed E-state index contributed by atoms with van der Waals surface area (Å²) in [6.45, 7) is 5.84. The van der Waals surface area contributed by atoms with Crippen LogP contribution in [0.2, 0.25) is 5.02 Å². The average Bonchev–Trinajstić information content (AvgIpc) is 3.33. The quantitative estimate of drug-likeness (QED) is 0.590. The number of aromatic amines is 1. The highest BCUT2D eigenvalue weighted by Crippen LogP contribution is 2.30. The van der Waals surface area contributed by atoms with E-state index in [9.17, 15) is 0 Å². The standard InChI is InChI=1S/C19H22ClN5OS2/c1-26-17-5-4-14(20)11-16(17)18-21-19(27)25(22-18)13-24-8-6-23(7-9-24)12-15-3-2-10-28-15/h2-5,10-11H,6-9,12-13H2,1H3,(H,21,22,27). The number of halogens is 1. The van der Waals surface area contributed by atoms with E-state index in [1.54, 1.807) is 13.2 Å². The number of nitrogens with zero attached hydrogens (tertiary/aromatic N) is 4. The topological polar surface area (TPSA) is 49.3 Å².